The number of aryl methyl sites for hydroxylation is 1. The topological polar surface area (TPSA) is 60.9 Å². The first-order valence-corrected chi connectivity index (χ1v) is 9.50. The number of carbonyl (C=O) groups excluding carboxylic acids is 1. The van der Waals surface area contributed by atoms with Crippen LogP contribution in [0, 0.1) is 24.7 Å². The van der Waals surface area contributed by atoms with Crippen LogP contribution in [0.15, 0.2) is 24.3 Å². The van der Waals surface area contributed by atoms with Gasteiger partial charge in [0.2, 0.25) is 5.91 Å². The molecule has 0 aromatic heterocycles. The Labute approximate surface area is 162 Å². The summed E-state index contributed by atoms with van der Waals surface area (Å²) in [6.45, 7) is 7.52. The summed E-state index contributed by atoms with van der Waals surface area (Å²) < 4.78 is 31.7. The summed E-state index contributed by atoms with van der Waals surface area (Å²) in [5.74, 6) is -0.522. The predicted molar refractivity (Wildman–Crippen MR) is 96.4 cm³/mol. The van der Waals surface area contributed by atoms with E-state index >= 15 is 0 Å². The highest BCUT2D eigenvalue weighted by molar-refractivity contribution is 5.81. The molecule has 28 heavy (non-hydrogen) atoms. The molecular weight excluding hydrogens is 373 g/mol. The lowest BCUT2D eigenvalue weighted by atomic mass is 10.0. The van der Waals surface area contributed by atoms with Crippen molar-refractivity contribution in [3.8, 4) is 0 Å². The van der Waals surface area contributed by atoms with E-state index < -0.39 is 12.1 Å². The number of hydrogen-bond donors (Lipinski definition) is 1. The van der Waals surface area contributed by atoms with Gasteiger partial charge in [0.1, 0.15) is 0 Å². The summed E-state index contributed by atoms with van der Waals surface area (Å²) >= 11 is 0. The second kappa shape index (κ2) is 8.11. The van der Waals surface area contributed by atoms with E-state index in [-0.39, 0.29) is 0 Å². The number of carbonyl (C=O) groups is 2. The Morgan fingerprint density at radius 1 is 1.04 bits per heavy atom. The maximum Gasteiger partial charge on any atom is 0.490 e. The Hall–Kier alpha value is -2.09. The van der Waals surface area contributed by atoms with E-state index in [4.69, 9.17) is 9.90 Å². The summed E-state index contributed by atoms with van der Waals surface area (Å²) in [4.78, 5) is 25.8. The number of carboxylic acid groups (broad SMARTS) is 1. The van der Waals surface area contributed by atoms with Crippen molar-refractivity contribution in [2.24, 2.45) is 17.8 Å². The number of benzene rings is 1. The summed E-state index contributed by atoms with van der Waals surface area (Å²) in [6, 6.07) is 8.88. The van der Waals surface area contributed by atoms with Crippen LogP contribution >= 0.6 is 0 Å². The molecule has 2 atom stereocenters. The van der Waals surface area contributed by atoms with Crippen LogP contribution in [0.25, 0.3) is 0 Å². The second-order valence-corrected chi connectivity index (χ2v) is 8.02. The number of carboxylic acids is 1. The van der Waals surface area contributed by atoms with Crippen molar-refractivity contribution in [1.82, 2.24) is 9.80 Å². The molecule has 0 spiro atoms. The molecule has 4 rings (SSSR count). The van der Waals surface area contributed by atoms with E-state index in [0.717, 1.165) is 45.6 Å². The average molecular weight is 398 g/mol. The molecule has 0 bridgehead atoms. The maximum absolute atomic E-state index is 12.2. The van der Waals surface area contributed by atoms with E-state index in [9.17, 15) is 18.0 Å². The fourth-order valence-corrected chi connectivity index (χ4v) is 3.94. The lowest BCUT2D eigenvalue weighted by Gasteiger charge is -2.21. The van der Waals surface area contributed by atoms with Crippen molar-refractivity contribution < 1.29 is 27.9 Å². The number of amides is 1. The number of hydrogen-bond acceptors (Lipinski definition) is 3. The molecule has 2 saturated heterocycles. The number of fused-ring (bicyclic) bond motifs is 1. The van der Waals surface area contributed by atoms with Crippen molar-refractivity contribution in [3.63, 3.8) is 0 Å². The smallest absolute Gasteiger partial charge is 0.475 e. The number of likely N-dealkylation sites (tertiary alicyclic amines) is 2. The summed E-state index contributed by atoms with van der Waals surface area (Å²) in [6.07, 6.45) is -2.82. The van der Waals surface area contributed by atoms with Crippen LogP contribution in [0.1, 0.15) is 24.0 Å². The first-order chi connectivity index (χ1) is 13.1. The van der Waals surface area contributed by atoms with Gasteiger partial charge in [0, 0.05) is 38.6 Å². The number of halogens is 3. The quantitative estimate of drug-likeness (QED) is 0.851. The Kier molecular flexibility index (Phi) is 5.98. The number of alkyl halides is 3. The minimum Gasteiger partial charge on any atom is -0.475 e. The monoisotopic (exact) mass is 398 g/mol. The Balaban J connectivity index is 0.000000279. The standard InChI is InChI=1S/C18H24N2O.C2HF3O2/c1-13-2-4-14(5-3-13)8-19-9-16-11-20(12-17(16)10-19)18(21)15-6-7-15;3-2(4,5)1(6)7/h2-5,15-17H,6-12H2,1H3;(H,6,7)/t16-,17+;. The number of rotatable bonds is 3. The van der Waals surface area contributed by atoms with E-state index in [2.05, 4.69) is 41.0 Å². The van der Waals surface area contributed by atoms with Crippen LogP contribution < -0.4 is 0 Å². The lowest BCUT2D eigenvalue weighted by molar-refractivity contribution is -0.192. The van der Waals surface area contributed by atoms with Gasteiger partial charge in [-0.25, -0.2) is 4.79 Å². The van der Waals surface area contributed by atoms with Gasteiger partial charge in [-0.2, -0.15) is 13.2 Å². The second-order valence-electron chi connectivity index (χ2n) is 8.02. The van der Waals surface area contributed by atoms with Gasteiger partial charge < -0.3 is 10.0 Å². The fraction of sp³-hybridized carbons (Fsp3) is 0.600. The van der Waals surface area contributed by atoms with Crippen LogP contribution in [0.3, 0.4) is 0 Å². The van der Waals surface area contributed by atoms with Gasteiger partial charge in [-0.15, -0.1) is 0 Å². The van der Waals surface area contributed by atoms with Crippen molar-refractivity contribution in [3.05, 3.63) is 35.4 Å². The van der Waals surface area contributed by atoms with Crippen LogP contribution in [0.4, 0.5) is 13.2 Å². The molecule has 0 radical (unpaired) electrons. The molecule has 1 saturated carbocycles. The Bertz CT molecular complexity index is 702. The Morgan fingerprint density at radius 2 is 1.54 bits per heavy atom. The van der Waals surface area contributed by atoms with Crippen LogP contribution in [-0.4, -0.2) is 59.1 Å². The van der Waals surface area contributed by atoms with Gasteiger partial charge in [0.25, 0.3) is 0 Å². The first kappa shape index (κ1) is 20.6. The zero-order chi connectivity index (χ0) is 20.5. The van der Waals surface area contributed by atoms with Crippen molar-refractivity contribution in [2.75, 3.05) is 26.2 Å². The molecule has 2 aliphatic heterocycles. The van der Waals surface area contributed by atoms with Crippen LogP contribution in [0.2, 0.25) is 0 Å². The molecule has 1 aliphatic carbocycles. The highest BCUT2D eigenvalue weighted by Crippen LogP contribution is 2.37. The van der Waals surface area contributed by atoms with Gasteiger partial charge in [-0.1, -0.05) is 29.8 Å². The van der Waals surface area contributed by atoms with Gasteiger partial charge >= 0.3 is 12.1 Å². The third-order valence-electron chi connectivity index (χ3n) is 5.57. The first-order valence-electron chi connectivity index (χ1n) is 9.50. The zero-order valence-electron chi connectivity index (χ0n) is 15.8. The lowest BCUT2D eigenvalue weighted by Crippen LogP contribution is -2.34. The molecule has 1 amide bonds. The zero-order valence-corrected chi connectivity index (χ0v) is 15.8. The fourth-order valence-electron chi connectivity index (χ4n) is 3.94. The van der Waals surface area contributed by atoms with E-state index in [1.54, 1.807) is 0 Å². The number of nitrogens with zero attached hydrogens (tertiary/aromatic N) is 2. The minimum absolute atomic E-state index is 0.382. The third kappa shape index (κ3) is 5.25. The molecule has 154 valence electrons. The van der Waals surface area contributed by atoms with E-state index in [1.165, 1.54) is 11.1 Å². The molecule has 1 aromatic rings. The van der Waals surface area contributed by atoms with Gasteiger partial charge in [0.05, 0.1) is 0 Å². The molecule has 8 heteroatoms. The number of aliphatic carboxylic acids is 1. The third-order valence-corrected chi connectivity index (χ3v) is 5.57. The van der Waals surface area contributed by atoms with Crippen molar-refractivity contribution in [2.45, 2.75) is 32.5 Å². The van der Waals surface area contributed by atoms with Crippen LogP contribution in [0.5, 0.6) is 0 Å². The molecule has 1 N–H and O–H groups in total. The largest absolute Gasteiger partial charge is 0.490 e. The van der Waals surface area contributed by atoms with E-state index in [0.29, 0.717) is 23.7 Å². The molecule has 0 unspecified atom stereocenters. The summed E-state index contributed by atoms with van der Waals surface area (Å²) in [5, 5.41) is 7.12. The molecule has 5 nitrogen and oxygen atoms in total. The summed E-state index contributed by atoms with van der Waals surface area (Å²) in [7, 11) is 0. The van der Waals surface area contributed by atoms with Gasteiger partial charge in [-0.05, 0) is 37.2 Å². The molecule has 2 heterocycles. The SMILES string of the molecule is Cc1ccc(CN2C[C@@H]3CN(C(=O)C4CC4)C[C@@H]3C2)cc1.O=C(O)C(F)(F)F. The molecular formula is C20H25F3N2O3. The van der Waals surface area contributed by atoms with Gasteiger partial charge in [0.15, 0.2) is 0 Å². The highest BCUT2D eigenvalue weighted by Gasteiger charge is 2.44. The molecule has 3 fully saturated rings. The van der Waals surface area contributed by atoms with Crippen molar-refractivity contribution in [1.29, 1.82) is 0 Å². The molecule has 1 aromatic carbocycles. The predicted octanol–water partition coefficient (Wildman–Crippen LogP) is 2.93. The van der Waals surface area contributed by atoms with Crippen molar-refractivity contribution >= 4 is 11.9 Å². The Morgan fingerprint density at radius 3 is 1.96 bits per heavy atom. The summed E-state index contributed by atoms with van der Waals surface area (Å²) in [5.41, 5.74) is 2.73. The normalized spacial score (nSPS) is 24.5. The van der Waals surface area contributed by atoms with E-state index in [1.807, 2.05) is 0 Å². The minimum atomic E-state index is -5.08. The molecule has 3 aliphatic rings. The average Bonchev–Trinajstić information content (AvgIpc) is 3.29. The highest BCUT2D eigenvalue weighted by atomic mass is 19.4. The van der Waals surface area contributed by atoms with Gasteiger partial charge in [-0.3, -0.25) is 9.69 Å². The van der Waals surface area contributed by atoms with Crippen LogP contribution in [-0.2, 0) is 16.1 Å². The maximum atomic E-state index is 12.2.